The van der Waals surface area contributed by atoms with Crippen LogP contribution in [0.4, 0.5) is 4.79 Å². The van der Waals surface area contributed by atoms with Gasteiger partial charge in [-0.1, -0.05) is 54.6 Å². The molecule has 0 bridgehead atoms. The van der Waals surface area contributed by atoms with E-state index in [2.05, 4.69) is 17.1 Å². The van der Waals surface area contributed by atoms with Crippen molar-refractivity contribution in [1.82, 2.24) is 9.88 Å². The molecule has 4 rings (SSSR count). The summed E-state index contributed by atoms with van der Waals surface area (Å²) in [6.45, 7) is 0.149. The highest BCUT2D eigenvalue weighted by atomic mass is 16.6. The zero-order valence-corrected chi connectivity index (χ0v) is 16.6. The smallest absolute Gasteiger partial charge is 0.410 e. The Morgan fingerprint density at radius 1 is 1.03 bits per heavy atom. The number of fused-ring (bicyclic) bond motifs is 3. The third-order valence-corrected chi connectivity index (χ3v) is 5.53. The van der Waals surface area contributed by atoms with Crippen LogP contribution in [0, 0.1) is 0 Å². The fourth-order valence-corrected chi connectivity index (χ4v) is 3.96. The number of rotatable bonds is 6. The third kappa shape index (κ3) is 3.76. The molecule has 1 atom stereocenters. The second kappa shape index (κ2) is 8.37. The summed E-state index contributed by atoms with van der Waals surface area (Å²) in [6, 6.07) is 18.6. The van der Waals surface area contributed by atoms with E-state index in [0.717, 1.165) is 32.7 Å². The largest absolute Gasteiger partial charge is 0.480 e. The summed E-state index contributed by atoms with van der Waals surface area (Å²) in [6.07, 6.45) is 2.72. The van der Waals surface area contributed by atoms with Crippen molar-refractivity contribution in [1.29, 1.82) is 0 Å². The number of nitrogens with zero attached hydrogens (tertiary/aromatic N) is 2. The molecule has 30 heavy (non-hydrogen) atoms. The van der Waals surface area contributed by atoms with Crippen molar-refractivity contribution in [3.05, 3.63) is 89.7 Å². The minimum Gasteiger partial charge on any atom is -0.480 e. The quantitative estimate of drug-likeness (QED) is 0.675. The molecule has 3 aromatic rings. The number of likely N-dealkylation sites (N-methyl/N-ethyl adjacent to an activating group) is 1. The first-order valence-electron chi connectivity index (χ1n) is 9.75. The van der Waals surface area contributed by atoms with Gasteiger partial charge in [0, 0.05) is 31.8 Å². The lowest BCUT2D eigenvalue weighted by Gasteiger charge is -2.25. The van der Waals surface area contributed by atoms with Gasteiger partial charge in [0.1, 0.15) is 12.6 Å². The fourth-order valence-electron chi connectivity index (χ4n) is 3.96. The van der Waals surface area contributed by atoms with Gasteiger partial charge in [0.15, 0.2) is 0 Å². The first kappa shape index (κ1) is 19.6. The summed E-state index contributed by atoms with van der Waals surface area (Å²) < 4.78 is 5.58. The number of hydrogen-bond donors (Lipinski definition) is 1. The maximum absolute atomic E-state index is 12.7. The highest BCUT2D eigenvalue weighted by Gasteiger charge is 2.32. The lowest BCUT2D eigenvalue weighted by molar-refractivity contribution is -0.142. The van der Waals surface area contributed by atoms with Crippen molar-refractivity contribution in [3.8, 4) is 11.1 Å². The average molecular weight is 402 g/mol. The van der Waals surface area contributed by atoms with Crippen LogP contribution in [-0.2, 0) is 16.0 Å². The van der Waals surface area contributed by atoms with E-state index >= 15 is 0 Å². The number of hydrogen-bond acceptors (Lipinski definition) is 4. The number of benzene rings is 2. The van der Waals surface area contributed by atoms with Crippen molar-refractivity contribution in [3.63, 3.8) is 0 Å². The summed E-state index contributed by atoms with van der Waals surface area (Å²) >= 11 is 0. The van der Waals surface area contributed by atoms with Gasteiger partial charge in [0.25, 0.3) is 0 Å². The topological polar surface area (TPSA) is 79.7 Å². The zero-order valence-electron chi connectivity index (χ0n) is 16.6. The lowest BCUT2D eigenvalue weighted by atomic mass is 9.98. The van der Waals surface area contributed by atoms with Crippen molar-refractivity contribution in [2.75, 3.05) is 13.7 Å². The van der Waals surface area contributed by atoms with Crippen molar-refractivity contribution in [2.24, 2.45) is 0 Å². The van der Waals surface area contributed by atoms with E-state index in [4.69, 9.17) is 4.74 Å². The van der Waals surface area contributed by atoms with Crippen molar-refractivity contribution in [2.45, 2.75) is 18.4 Å². The molecule has 1 aliphatic rings. The number of amides is 1. The van der Waals surface area contributed by atoms with E-state index in [1.54, 1.807) is 24.5 Å². The molecule has 1 amide bonds. The molecule has 0 spiro atoms. The Kier molecular flexibility index (Phi) is 5.48. The van der Waals surface area contributed by atoms with E-state index in [1.165, 1.54) is 7.05 Å². The van der Waals surface area contributed by atoms with Gasteiger partial charge in [-0.3, -0.25) is 9.88 Å². The molecule has 0 aliphatic heterocycles. The van der Waals surface area contributed by atoms with E-state index in [-0.39, 0.29) is 18.9 Å². The van der Waals surface area contributed by atoms with Crippen molar-refractivity contribution < 1.29 is 19.4 Å². The molecular weight excluding hydrogens is 380 g/mol. The third-order valence-electron chi connectivity index (χ3n) is 5.53. The van der Waals surface area contributed by atoms with Gasteiger partial charge in [-0.25, -0.2) is 9.59 Å². The SMILES string of the molecule is CN(C(=O)OCC1c2ccccc2-c2ccccc21)[C@@H](Cc1cccnc1)C(=O)O. The molecule has 2 aromatic carbocycles. The number of carboxylic acid groups (broad SMARTS) is 1. The summed E-state index contributed by atoms with van der Waals surface area (Å²) in [7, 11) is 1.45. The molecule has 1 aromatic heterocycles. The molecular formula is C24H22N2O4. The molecule has 1 heterocycles. The van der Waals surface area contributed by atoms with Crippen LogP contribution in [0.15, 0.2) is 73.1 Å². The highest BCUT2D eigenvalue weighted by molar-refractivity contribution is 5.81. The molecule has 1 aliphatic carbocycles. The van der Waals surface area contributed by atoms with Crippen LogP contribution in [0.1, 0.15) is 22.6 Å². The van der Waals surface area contributed by atoms with Crippen LogP contribution in [0.5, 0.6) is 0 Å². The summed E-state index contributed by atoms with van der Waals surface area (Å²) in [4.78, 5) is 29.6. The van der Waals surface area contributed by atoms with Gasteiger partial charge in [-0.2, -0.15) is 0 Å². The molecule has 6 heteroatoms. The number of carbonyl (C=O) groups is 2. The molecule has 0 radical (unpaired) electrons. The average Bonchev–Trinajstić information content (AvgIpc) is 3.09. The van der Waals surface area contributed by atoms with Gasteiger partial charge in [0.2, 0.25) is 0 Å². The number of aliphatic carboxylic acids is 1. The van der Waals surface area contributed by atoms with Crippen molar-refractivity contribution >= 4 is 12.1 Å². The Morgan fingerprint density at radius 3 is 2.23 bits per heavy atom. The van der Waals surface area contributed by atoms with E-state index in [1.807, 2.05) is 36.4 Å². The van der Waals surface area contributed by atoms with Gasteiger partial charge in [-0.15, -0.1) is 0 Å². The minimum absolute atomic E-state index is 0.0728. The van der Waals surface area contributed by atoms with E-state index < -0.39 is 18.1 Å². The first-order chi connectivity index (χ1) is 14.6. The number of carbonyl (C=O) groups excluding carboxylic acids is 1. The maximum Gasteiger partial charge on any atom is 0.410 e. The summed E-state index contributed by atoms with van der Waals surface area (Å²) in [5.41, 5.74) is 5.24. The Hall–Kier alpha value is -3.67. The molecule has 0 saturated heterocycles. The number of pyridine rings is 1. The van der Waals surface area contributed by atoms with Crippen LogP contribution < -0.4 is 0 Å². The normalized spacial score (nSPS) is 13.2. The summed E-state index contributed by atoms with van der Waals surface area (Å²) in [5.74, 6) is -1.16. The van der Waals surface area contributed by atoms with Crippen LogP contribution >= 0.6 is 0 Å². The Morgan fingerprint density at radius 2 is 1.67 bits per heavy atom. The second-order valence-corrected chi connectivity index (χ2v) is 7.33. The van der Waals surface area contributed by atoms with E-state index in [0.29, 0.717) is 0 Å². The van der Waals surface area contributed by atoms with Crippen LogP contribution in [0.3, 0.4) is 0 Å². The zero-order chi connectivity index (χ0) is 21.1. The number of ether oxygens (including phenoxy) is 1. The monoisotopic (exact) mass is 402 g/mol. The second-order valence-electron chi connectivity index (χ2n) is 7.33. The standard InChI is InChI=1S/C24H22N2O4/c1-26(22(23(27)28)13-16-7-6-12-25-14-16)24(29)30-15-21-19-10-4-2-8-17(19)18-9-3-5-11-20(18)21/h2-12,14,21-22H,13,15H2,1H3,(H,27,28)/t22-/m0/s1. The molecule has 152 valence electrons. The van der Waals surface area contributed by atoms with E-state index in [9.17, 15) is 14.7 Å². The predicted molar refractivity (Wildman–Crippen MR) is 112 cm³/mol. The Bertz CT molecular complexity index is 1020. The maximum atomic E-state index is 12.7. The molecule has 0 fully saturated rings. The molecule has 6 nitrogen and oxygen atoms in total. The number of carboxylic acids is 1. The van der Waals surface area contributed by atoms with Crippen LogP contribution in [0.25, 0.3) is 11.1 Å². The predicted octanol–water partition coefficient (Wildman–Crippen LogP) is 3.96. The van der Waals surface area contributed by atoms with Gasteiger partial charge < -0.3 is 9.84 Å². The molecule has 1 N–H and O–H groups in total. The van der Waals surface area contributed by atoms with Crippen LogP contribution in [0.2, 0.25) is 0 Å². The fraction of sp³-hybridized carbons (Fsp3) is 0.208. The van der Waals surface area contributed by atoms with Gasteiger partial charge in [-0.05, 0) is 33.9 Å². The molecule has 0 unspecified atom stereocenters. The minimum atomic E-state index is -1.09. The van der Waals surface area contributed by atoms with Crippen LogP contribution in [-0.4, -0.2) is 46.7 Å². The Labute approximate surface area is 174 Å². The van der Waals surface area contributed by atoms with Gasteiger partial charge >= 0.3 is 12.1 Å². The highest BCUT2D eigenvalue weighted by Crippen LogP contribution is 2.44. The molecule has 0 saturated carbocycles. The lowest BCUT2D eigenvalue weighted by Crippen LogP contribution is -2.44. The first-order valence-corrected chi connectivity index (χ1v) is 9.75. The number of aromatic nitrogens is 1. The Balaban J connectivity index is 1.48. The summed E-state index contributed by atoms with van der Waals surface area (Å²) in [5, 5.41) is 9.62. The van der Waals surface area contributed by atoms with Gasteiger partial charge in [0.05, 0.1) is 0 Å².